The van der Waals surface area contributed by atoms with Gasteiger partial charge in [-0.3, -0.25) is 9.36 Å². The van der Waals surface area contributed by atoms with Gasteiger partial charge in [0, 0.05) is 51.8 Å². The van der Waals surface area contributed by atoms with Gasteiger partial charge in [0.25, 0.3) is 0 Å². The van der Waals surface area contributed by atoms with Crippen LogP contribution in [0, 0.1) is 24.2 Å². The molecule has 45 heavy (non-hydrogen) atoms. The molecule has 2 aliphatic carbocycles. The Balaban J connectivity index is 1.18. The van der Waals surface area contributed by atoms with E-state index in [2.05, 4.69) is 21.9 Å². The first-order valence-electron chi connectivity index (χ1n) is 15.6. The maximum Gasteiger partial charge on any atom is 0.331 e. The minimum atomic E-state index is -3.19. The van der Waals surface area contributed by atoms with Crippen molar-refractivity contribution in [3.05, 3.63) is 95.1 Å². The first-order chi connectivity index (χ1) is 21.6. The smallest absolute Gasteiger partial charge is 0.331 e. The Morgan fingerprint density at radius 1 is 0.978 bits per heavy atom. The maximum absolute atomic E-state index is 13.6. The highest BCUT2D eigenvalue weighted by Gasteiger charge is 2.53. The van der Waals surface area contributed by atoms with E-state index in [-0.39, 0.29) is 11.2 Å². The molecule has 0 amide bonds. The van der Waals surface area contributed by atoms with Crippen molar-refractivity contribution in [2.24, 2.45) is 22.4 Å². The standard InChI is InChI=1S/C36H37N2O6P/c1-23-7-4-5-8-30(23)35(40)28-11-14-34-32(19-28)31-18-27(24(2)37-44-25(3)39)10-13-33(31)38(34)15-6-16-45(41)42-21-36(22-43-45)20-26-9-12-29(36)17-26/h4-5,7-14,18-19,26,29H,6,15-17,20-22H2,1-3H3/b37-24-. The first kappa shape index (κ1) is 29.8. The molecular weight excluding hydrogens is 587 g/mol. The Kier molecular flexibility index (Phi) is 7.63. The predicted molar refractivity (Wildman–Crippen MR) is 175 cm³/mol. The summed E-state index contributed by atoms with van der Waals surface area (Å²) in [4.78, 5) is 29.8. The number of aryl methyl sites for hydroxylation is 2. The highest BCUT2D eigenvalue weighted by atomic mass is 31.2. The molecule has 1 aliphatic heterocycles. The van der Waals surface area contributed by atoms with Gasteiger partial charge in [-0.05, 0) is 86.4 Å². The van der Waals surface area contributed by atoms with Gasteiger partial charge < -0.3 is 18.5 Å². The average Bonchev–Trinajstić information content (AvgIpc) is 3.73. The molecule has 0 N–H and O–H groups in total. The molecule has 1 aromatic heterocycles. The normalized spacial score (nSPS) is 25.9. The Morgan fingerprint density at radius 2 is 1.67 bits per heavy atom. The summed E-state index contributed by atoms with van der Waals surface area (Å²) in [6.45, 7) is 6.64. The Morgan fingerprint density at radius 3 is 2.31 bits per heavy atom. The van der Waals surface area contributed by atoms with E-state index in [9.17, 15) is 14.2 Å². The molecule has 0 radical (unpaired) electrons. The molecule has 1 saturated carbocycles. The van der Waals surface area contributed by atoms with E-state index in [1.807, 2.05) is 67.6 Å². The van der Waals surface area contributed by atoms with Crippen molar-refractivity contribution in [3.8, 4) is 0 Å². The summed E-state index contributed by atoms with van der Waals surface area (Å²) in [6, 6.07) is 19.4. The third-order valence-corrected chi connectivity index (χ3v) is 11.7. The largest absolute Gasteiger partial charge is 0.340 e. The van der Waals surface area contributed by atoms with E-state index in [0.29, 0.717) is 61.0 Å². The fourth-order valence-corrected chi connectivity index (χ4v) is 9.12. The van der Waals surface area contributed by atoms with E-state index in [0.717, 1.165) is 45.8 Å². The van der Waals surface area contributed by atoms with E-state index < -0.39 is 13.6 Å². The van der Waals surface area contributed by atoms with Crippen LogP contribution in [0.4, 0.5) is 0 Å². The number of carbonyl (C=O) groups is 2. The zero-order chi connectivity index (χ0) is 31.3. The molecule has 8 nitrogen and oxygen atoms in total. The van der Waals surface area contributed by atoms with Crippen LogP contribution in [0.1, 0.15) is 60.2 Å². The molecule has 2 atom stereocenters. The van der Waals surface area contributed by atoms with E-state index in [1.165, 1.54) is 6.92 Å². The Hall–Kier alpha value is -3.84. The number of benzene rings is 3. The molecule has 1 spiro atoms. The summed E-state index contributed by atoms with van der Waals surface area (Å²) < 4.78 is 27.8. The van der Waals surface area contributed by atoms with Gasteiger partial charge >= 0.3 is 13.6 Å². The van der Waals surface area contributed by atoms with Crippen LogP contribution in [0.2, 0.25) is 0 Å². The van der Waals surface area contributed by atoms with Gasteiger partial charge in [0.1, 0.15) is 0 Å². The van der Waals surface area contributed by atoms with Crippen LogP contribution in [0.15, 0.2) is 78.0 Å². The number of ketones is 1. The number of rotatable bonds is 8. The van der Waals surface area contributed by atoms with E-state index in [4.69, 9.17) is 13.9 Å². The van der Waals surface area contributed by atoms with Crippen LogP contribution in [0.5, 0.6) is 0 Å². The number of nitrogens with zero attached hydrogens (tertiary/aromatic N) is 2. The number of oxime groups is 1. The Labute approximate surface area is 262 Å². The third-order valence-electron chi connectivity index (χ3n) is 9.78. The second kappa shape index (κ2) is 11.5. The number of fused-ring (bicyclic) bond motifs is 6. The van der Waals surface area contributed by atoms with E-state index >= 15 is 0 Å². The van der Waals surface area contributed by atoms with Crippen LogP contribution in [0.25, 0.3) is 21.8 Å². The lowest BCUT2D eigenvalue weighted by atomic mass is 9.77. The molecule has 2 unspecified atom stereocenters. The number of hydrogen-bond donors (Lipinski definition) is 0. The number of carbonyl (C=O) groups excluding carboxylic acids is 2. The lowest BCUT2D eigenvalue weighted by molar-refractivity contribution is -0.140. The predicted octanol–water partition coefficient (Wildman–Crippen LogP) is 7.83. The zero-order valence-corrected chi connectivity index (χ0v) is 26.7. The molecule has 9 heteroatoms. The molecule has 2 fully saturated rings. The highest BCUT2D eigenvalue weighted by Crippen LogP contribution is 2.61. The van der Waals surface area contributed by atoms with Crippen molar-refractivity contribution >= 4 is 46.9 Å². The number of allylic oxidation sites excluding steroid dienone is 2. The quantitative estimate of drug-likeness (QED) is 0.0495. The van der Waals surface area contributed by atoms with Gasteiger partial charge in [0.2, 0.25) is 0 Å². The number of aromatic nitrogens is 1. The van der Waals surface area contributed by atoms with Crippen LogP contribution in [0.3, 0.4) is 0 Å². The van der Waals surface area contributed by atoms with Gasteiger partial charge in [-0.25, -0.2) is 4.79 Å². The van der Waals surface area contributed by atoms with Crippen molar-refractivity contribution in [3.63, 3.8) is 0 Å². The molecule has 2 bridgehead atoms. The minimum absolute atomic E-state index is 0.0256. The van der Waals surface area contributed by atoms with Crippen LogP contribution in [-0.2, 0) is 29.8 Å². The lowest BCUT2D eigenvalue weighted by Gasteiger charge is -2.41. The second-order valence-electron chi connectivity index (χ2n) is 12.8. The molecule has 232 valence electrons. The molecular formula is C36H37N2O6P. The fraction of sp³-hybridized carbons (Fsp3) is 0.361. The highest BCUT2D eigenvalue weighted by molar-refractivity contribution is 7.53. The van der Waals surface area contributed by atoms with Crippen molar-refractivity contribution < 1.29 is 28.0 Å². The van der Waals surface area contributed by atoms with Gasteiger partial charge in [0.15, 0.2) is 5.78 Å². The fourth-order valence-electron chi connectivity index (χ4n) is 7.35. The van der Waals surface area contributed by atoms with Crippen molar-refractivity contribution in [2.45, 2.75) is 46.6 Å². The van der Waals surface area contributed by atoms with Crippen molar-refractivity contribution in [2.75, 3.05) is 19.4 Å². The number of hydrogen-bond acceptors (Lipinski definition) is 7. The summed E-state index contributed by atoms with van der Waals surface area (Å²) in [5.74, 6) is 0.538. The topological polar surface area (TPSA) is 96.2 Å². The van der Waals surface area contributed by atoms with Gasteiger partial charge in [-0.1, -0.05) is 47.6 Å². The average molecular weight is 625 g/mol. The van der Waals surface area contributed by atoms with Crippen molar-refractivity contribution in [1.29, 1.82) is 0 Å². The molecule has 2 heterocycles. The lowest BCUT2D eigenvalue weighted by Crippen LogP contribution is -2.39. The van der Waals surface area contributed by atoms with Crippen molar-refractivity contribution in [1.82, 2.24) is 4.57 Å². The SMILES string of the molecule is CC(=O)O/N=C(/C)c1ccc2c(c1)c1cc(C(=O)c3ccccc3C)ccc1n2CCCP1(=O)OCC2(CO1)CC1C=CC2C1. The summed E-state index contributed by atoms with van der Waals surface area (Å²) in [6.07, 6.45) is 7.73. The Bertz CT molecular complexity index is 1940. The first-order valence-corrected chi connectivity index (χ1v) is 17.3. The molecule has 3 aliphatic rings. The van der Waals surface area contributed by atoms with E-state index in [1.54, 1.807) is 6.92 Å². The van der Waals surface area contributed by atoms with Gasteiger partial charge in [0.05, 0.1) is 25.1 Å². The zero-order valence-electron chi connectivity index (χ0n) is 25.8. The monoisotopic (exact) mass is 624 g/mol. The summed E-state index contributed by atoms with van der Waals surface area (Å²) >= 11 is 0. The third kappa shape index (κ3) is 5.50. The maximum atomic E-state index is 13.6. The summed E-state index contributed by atoms with van der Waals surface area (Å²) in [7, 11) is -3.19. The van der Waals surface area contributed by atoms with Crippen LogP contribution in [-0.4, -0.2) is 41.4 Å². The summed E-state index contributed by atoms with van der Waals surface area (Å²) in [5, 5.41) is 5.85. The van der Waals surface area contributed by atoms with Gasteiger partial charge in [-0.15, -0.1) is 0 Å². The second-order valence-corrected chi connectivity index (χ2v) is 15.0. The molecule has 4 aromatic rings. The molecule has 3 aromatic carbocycles. The van der Waals surface area contributed by atoms with Crippen LogP contribution < -0.4 is 0 Å². The molecule has 1 saturated heterocycles. The molecule has 7 rings (SSSR count). The summed E-state index contributed by atoms with van der Waals surface area (Å²) in [5.41, 5.74) is 5.48. The van der Waals surface area contributed by atoms with Gasteiger partial charge in [-0.2, -0.15) is 0 Å². The van der Waals surface area contributed by atoms with Crippen LogP contribution >= 0.6 is 7.60 Å². The minimum Gasteiger partial charge on any atom is -0.340 e.